The lowest BCUT2D eigenvalue weighted by Crippen LogP contribution is -2.05. The minimum absolute atomic E-state index is 0.0889. The molecule has 8 heteroatoms. The second kappa shape index (κ2) is 5.72. The zero-order chi connectivity index (χ0) is 14.8. The van der Waals surface area contributed by atoms with Gasteiger partial charge in [-0.3, -0.25) is 0 Å². The first-order chi connectivity index (χ1) is 10.1. The number of nitrogen functional groups attached to an aromatic ring is 1. The molecule has 1 aliphatic rings. The molecule has 0 radical (unpaired) electrons. The average molecular weight is 305 g/mol. The molecule has 0 amide bonds. The molecular weight excluding hydrogens is 290 g/mol. The Morgan fingerprint density at radius 3 is 3.00 bits per heavy atom. The second-order valence-corrected chi connectivity index (χ2v) is 5.85. The Bertz CT molecular complexity index is 685. The lowest BCUT2D eigenvalue weighted by atomic mass is 10.2. The number of carboxylic acids is 1. The summed E-state index contributed by atoms with van der Waals surface area (Å²) >= 11 is 1.22. The number of hydrogen-bond donors (Lipinski definition) is 2. The smallest absolute Gasteiger partial charge is 0.338 e. The summed E-state index contributed by atoms with van der Waals surface area (Å²) in [5, 5.41) is 18.7. The third-order valence-electron chi connectivity index (χ3n) is 3.37. The average Bonchev–Trinajstić information content (AvgIpc) is 2.69. The van der Waals surface area contributed by atoms with Gasteiger partial charge in [0.25, 0.3) is 0 Å². The van der Waals surface area contributed by atoms with E-state index >= 15 is 0 Å². The van der Waals surface area contributed by atoms with Crippen LogP contribution in [0.4, 0.5) is 5.69 Å². The summed E-state index contributed by atoms with van der Waals surface area (Å²) in [7, 11) is 0. The number of aromatic carboxylic acids is 1. The highest BCUT2D eigenvalue weighted by atomic mass is 32.2. The first-order valence-corrected chi connectivity index (χ1v) is 7.55. The van der Waals surface area contributed by atoms with Gasteiger partial charge in [-0.15, -0.1) is 10.2 Å². The molecule has 3 heterocycles. The molecule has 0 aliphatic carbocycles. The Balaban J connectivity index is 1.94. The Morgan fingerprint density at radius 1 is 1.33 bits per heavy atom. The molecule has 110 valence electrons. The fourth-order valence-corrected chi connectivity index (χ4v) is 3.25. The molecule has 0 saturated carbocycles. The van der Waals surface area contributed by atoms with Crippen LogP contribution in [-0.4, -0.2) is 30.8 Å². The molecule has 0 spiro atoms. The molecule has 7 nitrogen and oxygen atoms in total. The quantitative estimate of drug-likeness (QED) is 0.890. The molecule has 1 aliphatic heterocycles. The highest BCUT2D eigenvalue weighted by Gasteiger charge is 2.19. The van der Waals surface area contributed by atoms with Gasteiger partial charge >= 0.3 is 5.97 Å². The predicted octanol–water partition coefficient (Wildman–Crippen LogP) is 1.83. The molecule has 0 fully saturated rings. The van der Waals surface area contributed by atoms with E-state index < -0.39 is 5.97 Å². The van der Waals surface area contributed by atoms with Crippen LogP contribution < -0.4 is 5.73 Å². The van der Waals surface area contributed by atoms with Gasteiger partial charge in [-0.1, -0.05) is 6.42 Å². The first kappa shape index (κ1) is 13.9. The number of aryl methyl sites for hydroxylation is 1. The summed E-state index contributed by atoms with van der Waals surface area (Å²) in [6.07, 6.45) is 5.74. The van der Waals surface area contributed by atoms with Crippen LogP contribution in [0.3, 0.4) is 0 Å². The van der Waals surface area contributed by atoms with Crippen molar-refractivity contribution in [1.82, 2.24) is 19.7 Å². The van der Waals surface area contributed by atoms with Crippen LogP contribution in [0, 0.1) is 0 Å². The molecule has 0 aromatic carbocycles. The summed E-state index contributed by atoms with van der Waals surface area (Å²) in [5.41, 5.74) is 6.02. The number of pyridine rings is 1. The number of aromatic nitrogens is 4. The van der Waals surface area contributed by atoms with Gasteiger partial charge < -0.3 is 15.4 Å². The molecule has 2 aromatic heterocycles. The molecule has 0 bridgehead atoms. The van der Waals surface area contributed by atoms with Crippen molar-refractivity contribution < 1.29 is 9.90 Å². The lowest BCUT2D eigenvalue weighted by Gasteiger charge is -2.08. The number of anilines is 1. The van der Waals surface area contributed by atoms with Crippen LogP contribution in [0.25, 0.3) is 0 Å². The van der Waals surface area contributed by atoms with E-state index in [9.17, 15) is 9.90 Å². The van der Waals surface area contributed by atoms with Crippen molar-refractivity contribution >= 4 is 23.4 Å². The predicted molar refractivity (Wildman–Crippen MR) is 77.3 cm³/mol. The minimum Gasteiger partial charge on any atom is -0.478 e. The highest BCUT2D eigenvalue weighted by Crippen LogP contribution is 2.30. The topological polar surface area (TPSA) is 107 Å². The van der Waals surface area contributed by atoms with E-state index in [1.54, 1.807) is 0 Å². The van der Waals surface area contributed by atoms with Crippen LogP contribution in [0.15, 0.2) is 22.4 Å². The van der Waals surface area contributed by atoms with Crippen molar-refractivity contribution in [2.75, 3.05) is 5.73 Å². The number of carboxylic acid groups (broad SMARTS) is 1. The van der Waals surface area contributed by atoms with Crippen LogP contribution in [0.5, 0.6) is 0 Å². The number of hydrogen-bond acceptors (Lipinski definition) is 6. The largest absolute Gasteiger partial charge is 0.478 e. The highest BCUT2D eigenvalue weighted by molar-refractivity contribution is 7.99. The van der Waals surface area contributed by atoms with Crippen molar-refractivity contribution in [2.45, 2.75) is 42.4 Å². The molecule has 3 N–H and O–H groups in total. The normalized spacial score (nSPS) is 14.5. The van der Waals surface area contributed by atoms with Gasteiger partial charge in [-0.25, -0.2) is 9.78 Å². The Hall–Kier alpha value is -2.09. The van der Waals surface area contributed by atoms with Gasteiger partial charge in [0.05, 0.1) is 17.4 Å². The van der Waals surface area contributed by atoms with E-state index in [0.29, 0.717) is 15.9 Å². The van der Waals surface area contributed by atoms with Gasteiger partial charge in [-0.05, 0) is 30.7 Å². The SMILES string of the molecule is Nc1cnc(Sc2nnc3n2CCCCC3)c(C(=O)O)c1. The van der Waals surface area contributed by atoms with Crippen molar-refractivity contribution in [3.8, 4) is 0 Å². The zero-order valence-corrected chi connectivity index (χ0v) is 12.1. The molecule has 21 heavy (non-hydrogen) atoms. The van der Waals surface area contributed by atoms with Crippen LogP contribution >= 0.6 is 11.8 Å². The monoisotopic (exact) mass is 305 g/mol. The van der Waals surface area contributed by atoms with E-state index in [1.807, 2.05) is 0 Å². The number of rotatable bonds is 3. The summed E-state index contributed by atoms with van der Waals surface area (Å²) in [6, 6.07) is 1.41. The second-order valence-electron chi connectivity index (χ2n) is 4.89. The van der Waals surface area contributed by atoms with Crippen molar-refractivity contribution in [3.05, 3.63) is 23.7 Å². The maximum atomic E-state index is 11.3. The van der Waals surface area contributed by atoms with E-state index in [4.69, 9.17) is 5.73 Å². The third kappa shape index (κ3) is 2.85. The molecule has 3 rings (SSSR count). The number of fused-ring (bicyclic) bond motifs is 1. The van der Waals surface area contributed by atoms with Gasteiger partial charge in [0.15, 0.2) is 5.16 Å². The van der Waals surface area contributed by atoms with E-state index in [0.717, 1.165) is 31.6 Å². The van der Waals surface area contributed by atoms with E-state index in [-0.39, 0.29) is 5.56 Å². The van der Waals surface area contributed by atoms with Crippen molar-refractivity contribution in [2.24, 2.45) is 0 Å². The molecule has 0 atom stereocenters. The van der Waals surface area contributed by atoms with E-state index in [1.165, 1.54) is 30.4 Å². The van der Waals surface area contributed by atoms with Gasteiger partial charge in [0.1, 0.15) is 10.9 Å². The summed E-state index contributed by atoms with van der Waals surface area (Å²) < 4.78 is 2.06. The van der Waals surface area contributed by atoms with Gasteiger partial charge in [0, 0.05) is 13.0 Å². The maximum absolute atomic E-state index is 11.3. The van der Waals surface area contributed by atoms with Crippen LogP contribution in [0.1, 0.15) is 35.4 Å². The number of nitrogens with zero attached hydrogens (tertiary/aromatic N) is 4. The summed E-state index contributed by atoms with van der Waals surface area (Å²) in [6.45, 7) is 0.863. The lowest BCUT2D eigenvalue weighted by molar-refractivity contribution is 0.0692. The Morgan fingerprint density at radius 2 is 2.19 bits per heavy atom. The Labute approximate surface area is 125 Å². The molecule has 2 aromatic rings. The molecule has 0 saturated heterocycles. The summed E-state index contributed by atoms with van der Waals surface area (Å²) in [4.78, 5) is 15.4. The third-order valence-corrected chi connectivity index (χ3v) is 4.37. The number of nitrogens with two attached hydrogens (primary N) is 1. The van der Waals surface area contributed by atoms with Crippen LogP contribution in [0.2, 0.25) is 0 Å². The first-order valence-electron chi connectivity index (χ1n) is 6.74. The van der Waals surface area contributed by atoms with Crippen molar-refractivity contribution in [1.29, 1.82) is 0 Å². The van der Waals surface area contributed by atoms with Crippen LogP contribution in [-0.2, 0) is 13.0 Å². The fraction of sp³-hybridized carbons (Fsp3) is 0.385. The van der Waals surface area contributed by atoms with Crippen molar-refractivity contribution in [3.63, 3.8) is 0 Å². The molecule has 0 unspecified atom stereocenters. The van der Waals surface area contributed by atoms with Gasteiger partial charge in [-0.2, -0.15) is 0 Å². The molecular formula is C13H15N5O2S. The number of carbonyl (C=O) groups is 1. The zero-order valence-electron chi connectivity index (χ0n) is 11.3. The van der Waals surface area contributed by atoms with E-state index in [2.05, 4.69) is 19.7 Å². The fourth-order valence-electron chi connectivity index (χ4n) is 2.32. The maximum Gasteiger partial charge on any atom is 0.338 e. The minimum atomic E-state index is -1.05. The summed E-state index contributed by atoms with van der Waals surface area (Å²) in [5.74, 6) is -0.0878. The standard InChI is InChI=1S/C13H15N5O2S/c14-8-6-9(12(19)20)11(15-7-8)21-13-17-16-10-4-2-1-3-5-18(10)13/h6-7H,1-5,14H2,(H,19,20). The van der Waals surface area contributed by atoms with Gasteiger partial charge in [0.2, 0.25) is 0 Å². The Kier molecular flexibility index (Phi) is 3.78.